The Morgan fingerprint density at radius 1 is 1.16 bits per heavy atom. The molecule has 108 valence electrons. The first-order valence-corrected chi connectivity index (χ1v) is 7.95. The summed E-state index contributed by atoms with van der Waals surface area (Å²) in [7, 11) is 0. The number of carboxylic acid groups (broad SMARTS) is 1. The second kappa shape index (κ2) is 4.76. The lowest BCUT2D eigenvalue weighted by Crippen LogP contribution is -2.56. The zero-order valence-corrected chi connectivity index (χ0v) is 12.2. The number of aliphatic carboxylic acids is 1. The number of carbonyl (C=O) groups is 1. The van der Waals surface area contributed by atoms with Gasteiger partial charge in [-0.2, -0.15) is 0 Å². The van der Waals surface area contributed by atoms with Crippen LogP contribution in [0.15, 0.2) is 0 Å². The lowest BCUT2D eigenvalue weighted by Gasteiger charge is -2.59. The molecule has 0 radical (unpaired) electrons. The maximum atomic E-state index is 10.8. The molecule has 0 aliphatic heterocycles. The minimum Gasteiger partial charge on any atom is -0.481 e. The molecule has 0 aromatic carbocycles. The second-order valence-electron chi connectivity index (χ2n) is 7.67. The van der Waals surface area contributed by atoms with E-state index < -0.39 is 5.97 Å². The molecule has 3 nitrogen and oxygen atoms in total. The van der Waals surface area contributed by atoms with Gasteiger partial charge in [0.1, 0.15) is 0 Å². The van der Waals surface area contributed by atoms with E-state index in [0.717, 1.165) is 17.8 Å². The van der Waals surface area contributed by atoms with Crippen LogP contribution < -0.4 is 5.32 Å². The van der Waals surface area contributed by atoms with Crippen molar-refractivity contribution in [3.8, 4) is 0 Å². The number of carboxylic acids is 1. The number of hydrogen-bond acceptors (Lipinski definition) is 2. The van der Waals surface area contributed by atoms with Gasteiger partial charge in [-0.1, -0.05) is 0 Å². The number of nitrogens with one attached hydrogen (secondary N) is 1. The van der Waals surface area contributed by atoms with Crippen molar-refractivity contribution in [1.82, 2.24) is 5.32 Å². The molecule has 4 rings (SSSR count). The third-order valence-corrected chi connectivity index (χ3v) is 6.02. The van der Waals surface area contributed by atoms with E-state index in [0.29, 0.717) is 11.5 Å². The molecule has 0 aromatic rings. The first-order chi connectivity index (χ1) is 8.97. The molecule has 4 aliphatic rings. The molecule has 0 saturated heterocycles. The Morgan fingerprint density at radius 2 is 1.63 bits per heavy atom. The molecule has 4 bridgehead atoms. The van der Waals surface area contributed by atoms with Gasteiger partial charge in [-0.3, -0.25) is 4.79 Å². The van der Waals surface area contributed by atoms with Crippen LogP contribution in [0.5, 0.6) is 0 Å². The monoisotopic (exact) mass is 265 g/mol. The first kappa shape index (κ1) is 13.4. The molecule has 2 N–H and O–H groups in total. The summed E-state index contributed by atoms with van der Waals surface area (Å²) < 4.78 is 0. The van der Waals surface area contributed by atoms with Gasteiger partial charge in [0.2, 0.25) is 0 Å². The van der Waals surface area contributed by atoms with Crippen molar-refractivity contribution < 1.29 is 9.90 Å². The van der Waals surface area contributed by atoms with E-state index in [2.05, 4.69) is 12.2 Å². The number of hydrogen-bond donors (Lipinski definition) is 2. The van der Waals surface area contributed by atoms with E-state index >= 15 is 0 Å². The van der Waals surface area contributed by atoms with Crippen LogP contribution in [0, 0.1) is 23.2 Å². The summed E-state index contributed by atoms with van der Waals surface area (Å²) in [5, 5.41) is 12.5. The first-order valence-electron chi connectivity index (χ1n) is 7.95. The van der Waals surface area contributed by atoms with Crippen molar-refractivity contribution >= 4 is 5.97 Å². The molecular weight excluding hydrogens is 238 g/mol. The lowest BCUT2D eigenvalue weighted by molar-refractivity contribution is -0.137. The normalized spacial score (nSPS) is 43.2. The third kappa shape index (κ3) is 2.54. The Hall–Kier alpha value is -0.570. The average Bonchev–Trinajstić information content (AvgIpc) is 2.25. The maximum absolute atomic E-state index is 10.8. The van der Waals surface area contributed by atoms with Crippen molar-refractivity contribution in [3.05, 3.63) is 0 Å². The summed E-state index contributed by atoms with van der Waals surface area (Å²) in [6.07, 6.45) is 8.79. The van der Waals surface area contributed by atoms with Gasteiger partial charge in [-0.25, -0.2) is 0 Å². The summed E-state index contributed by atoms with van der Waals surface area (Å²) in [4.78, 5) is 10.8. The van der Waals surface area contributed by atoms with Crippen molar-refractivity contribution in [2.24, 2.45) is 23.2 Å². The highest BCUT2D eigenvalue weighted by Gasteiger charge is 2.53. The quantitative estimate of drug-likeness (QED) is 0.803. The molecule has 4 fully saturated rings. The fraction of sp³-hybridized carbons (Fsp3) is 0.938. The Kier molecular flexibility index (Phi) is 3.36. The molecular formula is C16H27NO2. The van der Waals surface area contributed by atoms with Crippen LogP contribution in [-0.4, -0.2) is 23.2 Å². The minimum absolute atomic E-state index is 0.0838. The van der Waals surface area contributed by atoms with Gasteiger partial charge in [0, 0.05) is 12.1 Å². The summed E-state index contributed by atoms with van der Waals surface area (Å²) in [6, 6.07) is 0.552. The summed E-state index contributed by atoms with van der Waals surface area (Å²) >= 11 is 0. The van der Waals surface area contributed by atoms with Gasteiger partial charge >= 0.3 is 5.97 Å². The fourth-order valence-corrected chi connectivity index (χ4v) is 5.63. The molecule has 2 unspecified atom stereocenters. The zero-order chi connectivity index (χ0) is 13.6. The van der Waals surface area contributed by atoms with Gasteiger partial charge in [0.15, 0.2) is 0 Å². The van der Waals surface area contributed by atoms with Gasteiger partial charge in [0.25, 0.3) is 0 Å². The Balaban J connectivity index is 1.66. The van der Waals surface area contributed by atoms with E-state index in [1.54, 1.807) is 0 Å². The van der Waals surface area contributed by atoms with E-state index in [1.807, 2.05) is 6.92 Å². The molecule has 0 aromatic heterocycles. The Bertz CT molecular complexity index is 330. The molecule has 0 amide bonds. The topological polar surface area (TPSA) is 49.3 Å². The van der Waals surface area contributed by atoms with Gasteiger partial charge < -0.3 is 10.4 Å². The van der Waals surface area contributed by atoms with Crippen molar-refractivity contribution in [3.63, 3.8) is 0 Å². The molecule has 19 heavy (non-hydrogen) atoms. The second-order valence-corrected chi connectivity index (χ2v) is 7.67. The van der Waals surface area contributed by atoms with Crippen LogP contribution in [0.3, 0.4) is 0 Å². The highest BCUT2D eigenvalue weighted by atomic mass is 16.4. The van der Waals surface area contributed by atoms with Gasteiger partial charge in [0.05, 0.1) is 6.42 Å². The van der Waals surface area contributed by atoms with Crippen LogP contribution in [0.2, 0.25) is 0 Å². The summed E-state index contributed by atoms with van der Waals surface area (Å²) in [5.74, 6) is 2.19. The largest absolute Gasteiger partial charge is 0.481 e. The standard InChI is InChI=1S/C16H27NO2/c1-10(3-15(18)19)17-11(2)16-7-12-4-13(8-16)6-14(5-12)9-16/h10-14,17H,3-9H2,1-2H3,(H,18,19). The van der Waals surface area contributed by atoms with Crippen molar-refractivity contribution in [2.45, 2.75) is 70.9 Å². The summed E-state index contributed by atoms with van der Waals surface area (Å²) in [5.41, 5.74) is 0.474. The maximum Gasteiger partial charge on any atom is 0.304 e. The van der Waals surface area contributed by atoms with Crippen LogP contribution in [0.1, 0.15) is 58.8 Å². The van der Waals surface area contributed by atoms with E-state index in [4.69, 9.17) is 5.11 Å². The van der Waals surface area contributed by atoms with Crippen LogP contribution in [0.25, 0.3) is 0 Å². The fourth-order valence-electron chi connectivity index (χ4n) is 5.63. The van der Waals surface area contributed by atoms with E-state index in [9.17, 15) is 4.79 Å². The van der Waals surface area contributed by atoms with Gasteiger partial charge in [-0.15, -0.1) is 0 Å². The Morgan fingerprint density at radius 3 is 2.05 bits per heavy atom. The molecule has 4 saturated carbocycles. The van der Waals surface area contributed by atoms with Crippen LogP contribution in [-0.2, 0) is 4.79 Å². The Labute approximate surface area is 116 Å². The molecule has 3 heteroatoms. The van der Waals surface area contributed by atoms with E-state index in [-0.39, 0.29) is 12.5 Å². The smallest absolute Gasteiger partial charge is 0.304 e. The van der Waals surface area contributed by atoms with Crippen molar-refractivity contribution in [2.75, 3.05) is 0 Å². The zero-order valence-electron chi connectivity index (χ0n) is 12.2. The SMILES string of the molecule is CC(CC(=O)O)NC(C)C12CC3CC(CC(C3)C1)C2. The molecule has 0 spiro atoms. The minimum atomic E-state index is -0.697. The molecule has 2 atom stereocenters. The van der Waals surface area contributed by atoms with Crippen molar-refractivity contribution in [1.29, 1.82) is 0 Å². The number of rotatable bonds is 5. The lowest BCUT2D eigenvalue weighted by atomic mass is 9.48. The molecule has 0 heterocycles. The predicted octanol–water partition coefficient (Wildman–Crippen LogP) is 3.04. The van der Waals surface area contributed by atoms with E-state index in [1.165, 1.54) is 38.5 Å². The predicted molar refractivity (Wildman–Crippen MR) is 74.9 cm³/mol. The van der Waals surface area contributed by atoms with Crippen LogP contribution in [0.4, 0.5) is 0 Å². The summed E-state index contributed by atoms with van der Waals surface area (Å²) in [6.45, 7) is 4.30. The molecule has 4 aliphatic carbocycles. The van der Waals surface area contributed by atoms with Gasteiger partial charge in [-0.05, 0) is 75.5 Å². The third-order valence-electron chi connectivity index (χ3n) is 6.02. The van der Waals surface area contributed by atoms with Crippen LogP contribution >= 0.6 is 0 Å². The highest BCUT2D eigenvalue weighted by molar-refractivity contribution is 5.67. The average molecular weight is 265 g/mol. The highest BCUT2D eigenvalue weighted by Crippen LogP contribution is 2.61.